The number of amides is 1. The Hall–Kier alpha value is -1.33. The van der Waals surface area contributed by atoms with Gasteiger partial charge in [-0.25, -0.2) is 4.98 Å². The lowest BCUT2D eigenvalue weighted by atomic mass is 9.98. The van der Waals surface area contributed by atoms with Crippen LogP contribution in [0.5, 0.6) is 0 Å². The number of pyridine rings is 1. The van der Waals surface area contributed by atoms with Crippen LogP contribution in [0, 0.1) is 5.92 Å². The fraction of sp³-hybridized carbons (Fsp3) is 0.500. The van der Waals surface area contributed by atoms with Gasteiger partial charge < -0.3 is 15.7 Å². The second-order valence-electron chi connectivity index (χ2n) is 4.55. The van der Waals surface area contributed by atoms with E-state index >= 15 is 0 Å². The first kappa shape index (κ1) is 13.1. The highest BCUT2D eigenvalue weighted by Gasteiger charge is 2.24. The monoisotopic (exact) mass is 269 g/mol. The molecule has 0 saturated carbocycles. The molecule has 98 valence electrons. The Balaban J connectivity index is 2.15. The Morgan fingerprint density at radius 1 is 1.61 bits per heavy atom. The second kappa shape index (κ2) is 5.54. The summed E-state index contributed by atoms with van der Waals surface area (Å²) < 4.78 is 0. The van der Waals surface area contributed by atoms with Crippen molar-refractivity contribution >= 4 is 23.3 Å². The average molecular weight is 270 g/mol. The molecule has 1 saturated heterocycles. The van der Waals surface area contributed by atoms with Crippen molar-refractivity contribution in [3.05, 3.63) is 22.8 Å². The Labute approximate surface area is 111 Å². The number of nitrogen functional groups attached to an aromatic ring is 1. The van der Waals surface area contributed by atoms with Crippen LogP contribution in [-0.2, 0) is 0 Å². The van der Waals surface area contributed by atoms with Crippen molar-refractivity contribution < 1.29 is 9.90 Å². The van der Waals surface area contributed by atoms with Gasteiger partial charge in [-0.3, -0.25) is 4.79 Å². The number of halogens is 1. The molecule has 1 aromatic rings. The number of likely N-dealkylation sites (tertiary alicyclic amines) is 1. The maximum atomic E-state index is 12.3. The molecule has 1 aliphatic rings. The van der Waals surface area contributed by atoms with Crippen molar-refractivity contribution in [3.8, 4) is 0 Å². The van der Waals surface area contributed by atoms with E-state index in [4.69, 9.17) is 22.4 Å². The quantitative estimate of drug-likeness (QED) is 0.790. The Bertz CT molecular complexity index is 433. The molecular formula is C12H16ClN3O2. The summed E-state index contributed by atoms with van der Waals surface area (Å²) in [6.07, 6.45) is 1.87. The van der Waals surface area contributed by atoms with Gasteiger partial charge in [0.25, 0.3) is 5.91 Å². The molecule has 5 nitrogen and oxygen atoms in total. The standard InChI is InChI=1S/C12H16ClN3O2/c13-10-4-9(5-11(14)15-10)12(18)16-3-1-2-8(6-16)7-17/h4-5,8,17H,1-3,6-7H2,(H2,14,15). The highest BCUT2D eigenvalue weighted by molar-refractivity contribution is 6.29. The number of carbonyl (C=O) groups is 1. The van der Waals surface area contributed by atoms with Crippen LogP contribution in [0.15, 0.2) is 12.1 Å². The zero-order chi connectivity index (χ0) is 13.1. The highest BCUT2D eigenvalue weighted by Crippen LogP contribution is 2.20. The molecule has 3 N–H and O–H groups in total. The molecule has 1 atom stereocenters. The number of rotatable bonds is 2. The fourth-order valence-corrected chi connectivity index (χ4v) is 2.44. The molecule has 1 unspecified atom stereocenters. The Kier molecular flexibility index (Phi) is 4.04. The van der Waals surface area contributed by atoms with E-state index in [1.807, 2.05) is 0 Å². The van der Waals surface area contributed by atoms with Crippen molar-refractivity contribution in [2.45, 2.75) is 12.8 Å². The molecule has 1 aliphatic heterocycles. The lowest BCUT2D eigenvalue weighted by Crippen LogP contribution is -2.41. The summed E-state index contributed by atoms with van der Waals surface area (Å²) in [7, 11) is 0. The van der Waals surface area contributed by atoms with Crippen LogP contribution in [0.25, 0.3) is 0 Å². The van der Waals surface area contributed by atoms with E-state index in [1.165, 1.54) is 12.1 Å². The van der Waals surface area contributed by atoms with E-state index in [2.05, 4.69) is 4.98 Å². The Morgan fingerprint density at radius 3 is 3.06 bits per heavy atom. The molecule has 1 aromatic heterocycles. The van der Waals surface area contributed by atoms with E-state index in [-0.39, 0.29) is 29.4 Å². The number of piperidine rings is 1. The van der Waals surface area contributed by atoms with Gasteiger partial charge in [0.05, 0.1) is 0 Å². The van der Waals surface area contributed by atoms with E-state index in [0.29, 0.717) is 18.7 Å². The highest BCUT2D eigenvalue weighted by atomic mass is 35.5. The summed E-state index contributed by atoms with van der Waals surface area (Å²) in [5, 5.41) is 9.38. The average Bonchev–Trinajstić information content (AvgIpc) is 2.37. The molecule has 0 bridgehead atoms. The minimum Gasteiger partial charge on any atom is -0.396 e. The second-order valence-corrected chi connectivity index (χ2v) is 4.93. The third-order valence-electron chi connectivity index (χ3n) is 3.13. The molecule has 1 fully saturated rings. The lowest BCUT2D eigenvalue weighted by Gasteiger charge is -2.31. The first-order valence-electron chi connectivity index (χ1n) is 5.93. The van der Waals surface area contributed by atoms with Crippen molar-refractivity contribution in [2.75, 3.05) is 25.4 Å². The Morgan fingerprint density at radius 2 is 2.39 bits per heavy atom. The first-order chi connectivity index (χ1) is 8.60. The summed E-state index contributed by atoms with van der Waals surface area (Å²) in [5.41, 5.74) is 6.02. The number of nitrogens with two attached hydrogens (primary N) is 1. The van der Waals surface area contributed by atoms with Gasteiger partial charge in [0, 0.05) is 25.3 Å². The van der Waals surface area contributed by atoms with Crippen LogP contribution in [0.1, 0.15) is 23.2 Å². The summed E-state index contributed by atoms with van der Waals surface area (Å²) >= 11 is 5.79. The van der Waals surface area contributed by atoms with Crippen LogP contribution in [0.2, 0.25) is 5.15 Å². The number of hydrogen-bond donors (Lipinski definition) is 2. The lowest BCUT2D eigenvalue weighted by molar-refractivity contribution is 0.0620. The maximum Gasteiger partial charge on any atom is 0.254 e. The minimum atomic E-state index is -0.107. The topological polar surface area (TPSA) is 79.5 Å². The number of anilines is 1. The molecule has 6 heteroatoms. The number of carbonyl (C=O) groups excluding carboxylic acids is 1. The summed E-state index contributed by atoms with van der Waals surface area (Å²) in [5.74, 6) is 0.295. The normalized spacial score (nSPS) is 19.9. The molecule has 0 aliphatic carbocycles. The summed E-state index contributed by atoms with van der Waals surface area (Å²) in [6.45, 7) is 1.40. The van der Waals surface area contributed by atoms with Gasteiger partial charge in [-0.05, 0) is 30.9 Å². The number of aliphatic hydroxyl groups is 1. The zero-order valence-electron chi connectivity index (χ0n) is 9.97. The number of aliphatic hydroxyl groups excluding tert-OH is 1. The van der Waals surface area contributed by atoms with Crippen molar-refractivity contribution in [3.63, 3.8) is 0 Å². The maximum absolute atomic E-state index is 12.3. The van der Waals surface area contributed by atoms with Crippen LogP contribution in [0.3, 0.4) is 0 Å². The third kappa shape index (κ3) is 2.91. The SMILES string of the molecule is Nc1cc(C(=O)N2CCCC(CO)C2)cc(Cl)n1. The number of nitrogens with zero attached hydrogens (tertiary/aromatic N) is 2. The zero-order valence-corrected chi connectivity index (χ0v) is 10.7. The molecule has 0 spiro atoms. The van der Waals surface area contributed by atoms with Gasteiger partial charge in [-0.15, -0.1) is 0 Å². The fourth-order valence-electron chi connectivity index (χ4n) is 2.22. The molecular weight excluding hydrogens is 254 g/mol. The van der Waals surface area contributed by atoms with Crippen LogP contribution < -0.4 is 5.73 Å². The molecule has 2 heterocycles. The van der Waals surface area contributed by atoms with Gasteiger partial charge >= 0.3 is 0 Å². The van der Waals surface area contributed by atoms with E-state index in [1.54, 1.807) is 4.90 Å². The largest absolute Gasteiger partial charge is 0.396 e. The van der Waals surface area contributed by atoms with Gasteiger partial charge in [-0.1, -0.05) is 11.6 Å². The van der Waals surface area contributed by atoms with Gasteiger partial charge in [0.1, 0.15) is 11.0 Å². The van der Waals surface area contributed by atoms with Crippen LogP contribution >= 0.6 is 11.6 Å². The smallest absolute Gasteiger partial charge is 0.254 e. The third-order valence-corrected chi connectivity index (χ3v) is 3.32. The predicted octanol–water partition coefficient (Wildman–Crippen LogP) is 1.16. The molecule has 0 radical (unpaired) electrons. The van der Waals surface area contributed by atoms with E-state index in [9.17, 15) is 4.79 Å². The number of hydrogen-bond acceptors (Lipinski definition) is 4. The van der Waals surface area contributed by atoms with E-state index in [0.717, 1.165) is 12.8 Å². The van der Waals surface area contributed by atoms with Gasteiger partial charge in [-0.2, -0.15) is 0 Å². The van der Waals surface area contributed by atoms with Crippen LogP contribution in [0.4, 0.5) is 5.82 Å². The van der Waals surface area contributed by atoms with Gasteiger partial charge in [0.15, 0.2) is 0 Å². The molecule has 1 amide bonds. The molecule has 2 rings (SSSR count). The number of aromatic nitrogens is 1. The minimum absolute atomic E-state index is 0.107. The molecule has 0 aromatic carbocycles. The summed E-state index contributed by atoms with van der Waals surface area (Å²) in [6, 6.07) is 3.04. The van der Waals surface area contributed by atoms with Crippen molar-refractivity contribution in [1.29, 1.82) is 0 Å². The van der Waals surface area contributed by atoms with Crippen LogP contribution in [-0.4, -0.2) is 40.6 Å². The van der Waals surface area contributed by atoms with Crippen molar-refractivity contribution in [1.82, 2.24) is 9.88 Å². The predicted molar refractivity (Wildman–Crippen MR) is 69.4 cm³/mol. The molecule has 18 heavy (non-hydrogen) atoms. The van der Waals surface area contributed by atoms with Crippen molar-refractivity contribution in [2.24, 2.45) is 5.92 Å². The van der Waals surface area contributed by atoms with Gasteiger partial charge in [0.2, 0.25) is 0 Å². The summed E-state index contributed by atoms with van der Waals surface area (Å²) in [4.78, 5) is 17.8. The van der Waals surface area contributed by atoms with E-state index < -0.39 is 0 Å². The first-order valence-corrected chi connectivity index (χ1v) is 6.31.